The van der Waals surface area contributed by atoms with Crippen molar-refractivity contribution < 1.29 is 4.79 Å². The zero-order valence-electron chi connectivity index (χ0n) is 9.66. The zero-order valence-corrected chi connectivity index (χ0v) is 12.1. The second-order valence-electron chi connectivity index (χ2n) is 3.80. The number of amides is 1. The van der Waals surface area contributed by atoms with Crippen LogP contribution in [-0.4, -0.2) is 11.4 Å². The van der Waals surface area contributed by atoms with E-state index in [4.69, 9.17) is 5.26 Å². The molecule has 1 heterocycles. The van der Waals surface area contributed by atoms with Crippen LogP contribution in [0.1, 0.15) is 25.8 Å². The normalized spacial score (nSPS) is 14.2. The van der Waals surface area contributed by atoms with E-state index in [1.807, 2.05) is 18.4 Å². The molecule has 0 fully saturated rings. The van der Waals surface area contributed by atoms with Crippen molar-refractivity contribution in [2.75, 3.05) is 0 Å². The third kappa shape index (κ3) is 4.33. The summed E-state index contributed by atoms with van der Waals surface area (Å²) in [4.78, 5) is 11.6. The van der Waals surface area contributed by atoms with Crippen LogP contribution in [0, 0.1) is 11.3 Å². The van der Waals surface area contributed by atoms with Gasteiger partial charge >= 0.3 is 0 Å². The summed E-state index contributed by atoms with van der Waals surface area (Å²) in [6.45, 7) is 3.57. The van der Waals surface area contributed by atoms with Gasteiger partial charge in [-0.15, -0.1) is 11.3 Å². The molecule has 1 amide bonds. The molecule has 1 rings (SSSR count). The van der Waals surface area contributed by atoms with Crippen LogP contribution in [0.15, 0.2) is 21.3 Å². The van der Waals surface area contributed by atoms with Crippen LogP contribution in [-0.2, 0) is 4.79 Å². The molecule has 3 nitrogen and oxygen atoms in total. The molecule has 0 spiro atoms. The van der Waals surface area contributed by atoms with Crippen LogP contribution in [0.4, 0.5) is 0 Å². The van der Waals surface area contributed by atoms with Crippen LogP contribution < -0.4 is 5.32 Å². The van der Waals surface area contributed by atoms with Gasteiger partial charge in [-0.05, 0) is 52.4 Å². The average Bonchev–Trinajstić information content (AvgIpc) is 2.72. The van der Waals surface area contributed by atoms with E-state index in [-0.39, 0.29) is 5.91 Å². The average molecular weight is 313 g/mol. The lowest BCUT2D eigenvalue weighted by Gasteiger charge is -2.19. The molecule has 1 atom stereocenters. The number of hydrogen-bond donors (Lipinski definition) is 1. The Kier molecular flexibility index (Phi) is 4.91. The van der Waals surface area contributed by atoms with Crippen molar-refractivity contribution in [1.29, 1.82) is 5.26 Å². The quantitative estimate of drug-likeness (QED) is 0.867. The highest BCUT2D eigenvalue weighted by Gasteiger charge is 2.22. The Hall–Kier alpha value is -1.12. The predicted molar refractivity (Wildman–Crippen MR) is 73.5 cm³/mol. The molecule has 90 valence electrons. The Bertz CT molecular complexity index is 475. The fraction of sp³-hybridized carbons (Fsp3) is 0.333. The maximum atomic E-state index is 11.6. The Morgan fingerprint density at radius 2 is 2.47 bits per heavy atom. The van der Waals surface area contributed by atoms with E-state index in [0.717, 1.165) is 9.35 Å². The monoisotopic (exact) mass is 312 g/mol. The molecule has 1 aromatic heterocycles. The third-order valence-electron chi connectivity index (χ3n) is 2.37. The van der Waals surface area contributed by atoms with Gasteiger partial charge in [0.1, 0.15) is 5.54 Å². The molecular formula is C12H13BrN2OS. The fourth-order valence-electron chi connectivity index (χ4n) is 1.09. The molecule has 0 saturated carbocycles. The molecule has 1 unspecified atom stereocenters. The molecule has 0 aliphatic heterocycles. The summed E-state index contributed by atoms with van der Waals surface area (Å²) in [5.41, 5.74) is 0.170. The lowest BCUT2D eigenvalue weighted by Crippen LogP contribution is -2.43. The van der Waals surface area contributed by atoms with E-state index in [1.165, 1.54) is 6.08 Å². The van der Waals surface area contributed by atoms with Crippen LogP contribution in [0.25, 0.3) is 6.08 Å². The van der Waals surface area contributed by atoms with Gasteiger partial charge in [-0.1, -0.05) is 6.92 Å². The number of halogens is 1. The molecule has 1 aromatic rings. The van der Waals surface area contributed by atoms with Crippen molar-refractivity contribution in [3.05, 3.63) is 26.9 Å². The highest BCUT2D eigenvalue weighted by atomic mass is 79.9. The highest BCUT2D eigenvalue weighted by Crippen LogP contribution is 2.21. The minimum absolute atomic E-state index is 0.252. The lowest BCUT2D eigenvalue weighted by atomic mass is 10.0. The molecule has 0 radical (unpaired) electrons. The molecule has 0 aliphatic carbocycles. The van der Waals surface area contributed by atoms with Crippen molar-refractivity contribution >= 4 is 39.2 Å². The maximum absolute atomic E-state index is 11.6. The first-order valence-electron chi connectivity index (χ1n) is 5.14. The first kappa shape index (κ1) is 13.9. The summed E-state index contributed by atoms with van der Waals surface area (Å²) >= 11 is 4.91. The minimum Gasteiger partial charge on any atom is -0.334 e. The number of nitriles is 1. The van der Waals surface area contributed by atoms with E-state index in [0.29, 0.717) is 6.42 Å². The van der Waals surface area contributed by atoms with Crippen molar-refractivity contribution in [2.24, 2.45) is 0 Å². The Labute approximate surface area is 113 Å². The van der Waals surface area contributed by atoms with Gasteiger partial charge in [-0.3, -0.25) is 4.79 Å². The number of carbonyl (C=O) groups is 1. The zero-order chi connectivity index (χ0) is 12.9. The predicted octanol–water partition coefficient (Wildman–Crippen LogP) is 3.33. The summed E-state index contributed by atoms with van der Waals surface area (Å²) in [7, 11) is 0. The van der Waals surface area contributed by atoms with Gasteiger partial charge in [-0.25, -0.2) is 0 Å². The topological polar surface area (TPSA) is 52.9 Å². The molecule has 0 bridgehead atoms. The molecule has 1 N–H and O–H groups in total. The number of nitrogens with one attached hydrogen (secondary N) is 1. The Morgan fingerprint density at radius 1 is 1.76 bits per heavy atom. The number of thiophene rings is 1. The van der Waals surface area contributed by atoms with Crippen LogP contribution in [0.5, 0.6) is 0 Å². The Balaban J connectivity index is 2.62. The van der Waals surface area contributed by atoms with Crippen LogP contribution >= 0.6 is 27.3 Å². The smallest absolute Gasteiger partial charge is 0.245 e. The highest BCUT2D eigenvalue weighted by molar-refractivity contribution is 9.11. The number of carbonyl (C=O) groups excluding carboxylic acids is 1. The fourth-order valence-corrected chi connectivity index (χ4v) is 2.24. The van der Waals surface area contributed by atoms with Gasteiger partial charge in [0.2, 0.25) is 5.91 Å². The first-order chi connectivity index (χ1) is 7.99. The van der Waals surface area contributed by atoms with Crippen molar-refractivity contribution in [1.82, 2.24) is 5.32 Å². The van der Waals surface area contributed by atoms with E-state index >= 15 is 0 Å². The second-order valence-corrected chi connectivity index (χ2v) is 6.09. The number of hydrogen-bond acceptors (Lipinski definition) is 3. The van der Waals surface area contributed by atoms with E-state index < -0.39 is 5.54 Å². The molecule has 0 aliphatic rings. The summed E-state index contributed by atoms with van der Waals surface area (Å²) in [5, 5.41) is 13.5. The lowest BCUT2D eigenvalue weighted by molar-refractivity contribution is -0.117. The standard InChI is InChI=1S/C12H13BrN2OS/c1-3-12(2,8-14)15-11(16)5-4-9-6-10(13)17-7-9/h4-7H,3H2,1-2H3,(H,15,16). The van der Waals surface area contributed by atoms with Gasteiger partial charge in [0.05, 0.1) is 9.86 Å². The van der Waals surface area contributed by atoms with E-state index in [9.17, 15) is 4.79 Å². The van der Waals surface area contributed by atoms with E-state index in [2.05, 4.69) is 27.3 Å². The third-order valence-corrected chi connectivity index (χ3v) is 3.89. The summed E-state index contributed by atoms with van der Waals surface area (Å²) in [6.07, 6.45) is 3.75. The van der Waals surface area contributed by atoms with Gasteiger partial charge in [0, 0.05) is 6.08 Å². The maximum Gasteiger partial charge on any atom is 0.245 e. The molecular weight excluding hydrogens is 300 g/mol. The molecule has 5 heteroatoms. The molecule has 0 aromatic carbocycles. The largest absolute Gasteiger partial charge is 0.334 e. The first-order valence-corrected chi connectivity index (χ1v) is 6.82. The SMILES string of the molecule is CCC(C)(C#N)NC(=O)C=Cc1csc(Br)c1. The number of rotatable bonds is 4. The van der Waals surface area contributed by atoms with Crippen molar-refractivity contribution in [3.8, 4) is 6.07 Å². The summed E-state index contributed by atoms with van der Waals surface area (Å²) in [5.74, 6) is -0.252. The Morgan fingerprint density at radius 3 is 2.94 bits per heavy atom. The number of nitrogens with zero attached hydrogens (tertiary/aromatic N) is 1. The second kappa shape index (κ2) is 5.99. The summed E-state index contributed by atoms with van der Waals surface area (Å²) < 4.78 is 1.02. The molecule has 0 saturated heterocycles. The summed E-state index contributed by atoms with van der Waals surface area (Å²) in [6, 6.07) is 4.02. The molecule has 17 heavy (non-hydrogen) atoms. The van der Waals surface area contributed by atoms with E-state index in [1.54, 1.807) is 24.3 Å². The van der Waals surface area contributed by atoms with Gasteiger partial charge in [0.25, 0.3) is 0 Å². The van der Waals surface area contributed by atoms with Crippen LogP contribution in [0.2, 0.25) is 0 Å². The van der Waals surface area contributed by atoms with Crippen LogP contribution in [0.3, 0.4) is 0 Å². The van der Waals surface area contributed by atoms with Crippen molar-refractivity contribution in [2.45, 2.75) is 25.8 Å². The van der Waals surface area contributed by atoms with Gasteiger partial charge in [0.15, 0.2) is 0 Å². The van der Waals surface area contributed by atoms with Crippen molar-refractivity contribution in [3.63, 3.8) is 0 Å². The minimum atomic E-state index is -0.795. The van der Waals surface area contributed by atoms with Gasteiger partial charge in [-0.2, -0.15) is 5.26 Å². The van der Waals surface area contributed by atoms with Gasteiger partial charge < -0.3 is 5.32 Å².